The highest BCUT2D eigenvalue weighted by Gasteiger charge is 2.22. The third kappa shape index (κ3) is 2.27. The summed E-state index contributed by atoms with van der Waals surface area (Å²) in [5, 5.41) is 0. The molecule has 3 nitrogen and oxygen atoms in total. The van der Waals surface area contributed by atoms with Crippen molar-refractivity contribution in [1.82, 2.24) is 4.90 Å². The average molecular weight is 266 g/mol. The van der Waals surface area contributed by atoms with E-state index in [-0.39, 0.29) is 5.91 Å². The number of benzene rings is 2. The maximum atomic E-state index is 12.5. The minimum absolute atomic E-state index is 0.0954. The maximum Gasteiger partial charge on any atom is 0.254 e. The Balaban J connectivity index is 1.83. The fraction of sp³-hybridized carbons (Fsp3) is 0.235. The highest BCUT2D eigenvalue weighted by molar-refractivity contribution is 5.94. The van der Waals surface area contributed by atoms with Crippen LogP contribution in [0.4, 0.5) is 5.69 Å². The van der Waals surface area contributed by atoms with Crippen molar-refractivity contribution < 1.29 is 4.79 Å². The predicted octanol–water partition coefficient (Wildman–Crippen LogP) is 2.78. The Morgan fingerprint density at radius 1 is 1.15 bits per heavy atom. The summed E-state index contributed by atoms with van der Waals surface area (Å²) in [4.78, 5) is 14.4. The zero-order valence-electron chi connectivity index (χ0n) is 11.6. The van der Waals surface area contributed by atoms with Crippen LogP contribution < -0.4 is 5.73 Å². The van der Waals surface area contributed by atoms with Gasteiger partial charge in [0.2, 0.25) is 0 Å². The second kappa shape index (κ2) is 5.00. The van der Waals surface area contributed by atoms with Crippen molar-refractivity contribution in [2.75, 3.05) is 12.3 Å². The Labute approximate surface area is 119 Å². The number of nitrogen functional groups attached to an aromatic ring is 1. The molecule has 0 fully saturated rings. The van der Waals surface area contributed by atoms with E-state index in [0.717, 1.165) is 29.8 Å². The minimum Gasteiger partial charge on any atom is -0.398 e. The molecule has 0 atom stereocenters. The van der Waals surface area contributed by atoms with E-state index in [9.17, 15) is 4.79 Å². The second-order valence-corrected chi connectivity index (χ2v) is 5.33. The molecule has 0 radical (unpaired) electrons. The first-order valence-electron chi connectivity index (χ1n) is 6.87. The van der Waals surface area contributed by atoms with Gasteiger partial charge in [0.05, 0.1) is 0 Å². The first-order chi connectivity index (χ1) is 9.65. The molecule has 0 spiro atoms. The van der Waals surface area contributed by atoms with Crippen LogP contribution >= 0.6 is 0 Å². The van der Waals surface area contributed by atoms with E-state index in [1.54, 1.807) is 0 Å². The molecule has 0 unspecified atom stereocenters. The molecule has 20 heavy (non-hydrogen) atoms. The first-order valence-corrected chi connectivity index (χ1v) is 6.87. The van der Waals surface area contributed by atoms with Crippen LogP contribution in [0.5, 0.6) is 0 Å². The predicted molar refractivity (Wildman–Crippen MR) is 80.5 cm³/mol. The largest absolute Gasteiger partial charge is 0.398 e. The molecular weight excluding hydrogens is 248 g/mol. The standard InChI is InChI=1S/C17H18N2O/c1-12-5-7-13(8-6-12)17(20)19-10-9-15-14(11-19)3-2-4-16(15)18/h2-8H,9-11,18H2,1H3. The van der Waals surface area contributed by atoms with Crippen LogP contribution in [0, 0.1) is 6.92 Å². The van der Waals surface area contributed by atoms with E-state index in [1.165, 1.54) is 11.1 Å². The lowest BCUT2D eigenvalue weighted by atomic mass is 9.97. The summed E-state index contributed by atoms with van der Waals surface area (Å²) in [6.07, 6.45) is 0.833. The molecule has 0 saturated carbocycles. The lowest BCUT2D eigenvalue weighted by Gasteiger charge is -2.29. The molecule has 2 aromatic rings. The number of anilines is 1. The molecule has 1 aliphatic rings. The highest BCUT2D eigenvalue weighted by atomic mass is 16.2. The van der Waals surface area contributed by atoms with Crippen molar-refractivity contribution >= 4 is 11.6 Å². The van der Waals surface area contributed by atoms with Gasteiger partial charge in [-0.25, -0.2) is 0 Å². The van der Waals surface area contributed by atoms with Crippen molar-refractivity contribution in [3.63, 3.8) is 0 Å². The van der Waals surface area contributed by atoms with Gasteiger partial charge in [-0.3, -0.25) is 4.79 Å². The Kier molecular flexibility index (Phi) is 3.18. The van der Waals surface area contributed by atoms with Crippen molar-refractivity contribution in [3.8, 4) is 0 Å². The van der Waals surface area contributed by atoms with E-state index in [2.05, 4.69) is 6.07 Å². The van der Waals surface area contributed by atoms with Crippen LogP contribution in [0.1, 0.15) is 27.0 Å². The SMILES string of the molecule is Cc1ccc(C(=O)N2CCc3c(N)cccc3C2)cc1. The molecule has 1 amide bonds. The number of amides is 1. The summed E-state index contributed by atoms with van der Waals surface area (Å²) in [5.41, 5.74) is 11.1. The maximum absolute atomic E-state index is 12.5. The van der Waals surface area contributed by atoms with Gasteiger partial charge in [0, 0.05) is 24.3 Å². The molecule has 0 aliphatic carbocycles. The zero-order valence-corrected chi connectivity index (χ0v) is 11.6. The lowest BCUT2D eigenvalue weighted by molar-refractivity contribution is 0.0735. The first kappa shape index (κ1) is 12.7. The molecular formula is C17H18N2O. The number of aryl methyl sites for hydroxylation is 1. The molecule has 1 heterocycles. The van der Waals surface area contributed by atoms with Gasteiger partial charge in [-0.15, -0.1) is 0 Å². The van der Waals surface area contributed by atoms with Gasteiger partial charge >= 0.3 is 0 Å². The van der Waals surface area contributed by atoms with Crippen LogP contribution in [0.2, 0.25) is 0 Å². The Hall–Kier alpha value is -2.29. The molecule has 3 rings (SSSR count). The summed E-state index contributed by atoms with van der Waals surface area (Å²) in [6, 6.07) is 13.7. The van der Waals surface area contributed by atoms with Crippen molar-refractivity contribution in [2.24, 2.45) is 0 Å². The van der Waals surface area contributed by atoms with Crippen LogP contribution in [-0.2, 0) is 13.0 Å². The third-order valence-electron chi connectivity index (χ3n) is 3.89. The van der Waals surface area contributed by atoms with Crippen LogP contribution in [0.25, 0.3) is 0 Å². The topological polar surface area (TPSA) is 46.3 Å². The number of carbonyl (C=O) groups excluding carboxylic acids is 1. The van der Waals surface area contributed by atoms with Crippen molar-refractivity contribution in [3.05, 3.63) is 64.7 Å². The van der Waals surface area contributed by atoms with Crippen LogP contribution in [-0.4, -0.2) is 17.4 Å². The smallest absolute Gasteiger partial charge is 0.254 e. The number of hydrogen-bond donors (Lipinski definition) is 1. The number of hydrogen-bond acceptors (Lipinski definition) is 2. The zero-order chi connectivity index (χ0) is 14.1. The Bertz CT molecular complexity index is 647. The normalized spacial score (nSPS) is 13.9. The fourth-order valence-electron chi connectivity index (χ4n) is 2.69. The Morgan fingerprint density at radius 2 is 1.90 bits per heavy atom. The molecule has 102 valence electrons. The number of rotatable bonds is 1. The summed E-state index contributed by atoms with van der Waals surface area (Å²) < 4.78 is 0. The number of fused-ring (bicyclic) bond motifs is 1. The van der Waals surface area contributed by atoms with Crippen molar-refractivity contribution in [2.45, 2.75) is 19.9 Å². The molecule has 2 N–H and O–H groups in total. The number of carbonyl (C=O) groups is 1. The molecule has 0 saturated heterocycles. The highest BCUT2D eigenvalue weighted by Crippen LogP contribution is 2.25. The van der Waals surface area contributed by atoms with E-state index in [1.807, 2.05) is 48.2 Å². The number of nitrogens with two attached hydrogens (primary N) is 1. The molecule has 0 bridgehead atoms. The Morgan fingerprint density at radius 3 is 2.65 bits per heavy atom. The van der Waals surface area contributed by atoms with Crippen molar-refractivity contribution in [1.29, 1.82) is 0 Å². The molecule has 1 aliphatic heterocycles. The number of nitrogens with zero attached hydrogens (tertiary/aromatic N) is 1. The summed E-state index contributed by atoms with van der Waals surface area (Å²) in [6.45, 7) is 3.40. The van der Waals surface area contributed by atoms with Gasteiger partial charge in [0.15, 0.2) is 0 Å². The lowest BCUT2D eigenvalue weighted by Crippen LogP contribution is -2.36. The quantitative estimate of drug-likeness (QED) is 0.807. The minimum atomic E-state index is 0.0954. The third-order valence-corrected chi connectivity index (χ3v) is 3.89. The monoisotopic (exact) mass is 266 g/mol. The van der Waals surface area contributed by atoms with Crippen LogP contribution in [0.15, 0.2) is 42.5 Å². The van der Waals surface area contributed by atoms with Gasteiger partial charge in [-0.05, 0) is 42.7 Å². The van der Waals surface area contributed by atoms with Gasteiger partial charge in [0.1, 0.15) is 0 Å². The second-order valence-electron chi connectivity index (χ2n) is 5.33. The van der Waals surface area contributed by atoms with Gasteiger partial charge in [-0.1, -0.05) is 29.8 Å². The molecule has 0 aromatic heterocycles. The molecule has 2 aromatic carbocycles. The van der Waals surface area contributed by atoms with Crippen LogP contribution in [0.3, 0.4) is 0 Å². The van der Waals surface area contributed by atoms with E-state index < -0.39 is 0 Å². The van der Waals surface area contributed by atoms with Gasteiger partial charge < -0.3 is 10.6 Å². The van der Waals surface area contributed by atoms with E-state index >= 15 is 0 Å². The average Bonchev–Trinajstić information content (AvgIpc) is 2.47. The summed E-state index contributed by atoms with van der Waals surface area (Å²) >= 11 is 0. The van der Waals surface area contributed by atoms with E-state index in [4.69, 9.17) is 5.73 Å². The summed E-state index contributed by atoms with van der Waals surface area (Å²) in [5.74, 6) is 0.0954. The van der Waals surface area contributed by atoms with Gasteiger partial charge in [0.25, 0.3) is 5.91 Å². The van der Waals surface area contributed by atoms with Gasteiger partial charge in [-0.2, -0.15) is 0 Å². The van der Waals surface area contributed by atoms with E-state index in [0.29, 0.717) is 6.54 Å². The summed E-state index contributed by atoms with van der Waals surface area (Å²) in [7, 11) is 0. The molecule has 3 heteroatoms. The fourth-order valence-corrected chi connectivity index (χ4v) is 2.69.